The van der Waals surface area contributed by atoms with Gasteiger partial charge in [0, 0.05) is 72.0 Å². The van der Waals surface area contributed by atoms with Gasteiger partial charge in [0.2, 0.25) is 0 Å². The lowest BCUT2D eigenvalue weighted by Gasteiger charge is -2.27. The van der Waals surface area contributed by atoms with Crippen LogP contribution in [0.4, 0.5) is 10.5 Å². The van der Waals surface area contributed by atoms with E-state index >= 15 is 0 Å². The van der Waals surface area contributed by atoms with Gasteiger partial charge in [-0.05, 0) is 41.6 Å². The molecule has 0 saturated carbocycles. The number of aromatic nitrogens is 1. The van der Waals surface area contributed by atoms with E-state index in [9.17, 15) is 9.59 Å². The zero-order valence-electron chi connectivity index (χ0n) is 21.0. The summed E-state index contributed by atoms with van der Waals surface area (Å²) in [6.45, 7) is 4.92. The number of benzene rings is 3. The molecule has 0 unspecified atom stereocenters. The summed E-state index contributed by atoms with van der Waals surface area (Å²) < 4.78 is 5.96. The normalized spacial score (nSPS) is 17.2. The van der Waals surface area contributed by atoms with E-state index in [1.807, 2.05) is 54.6 Å². The smallest absolute Gasteiger partial charge is 0.409 e. The molecule has 0 bridgehead atoms. The Balaban J connectivity index is 1.41. The fourth-order valence-electron chi connectivity index (χ4n) is 5.45. The van der Waals surface area contributed by atoms with Crippen molar-refractivity contribution in [3.05, 3.63) is 71.4 Å². The molecule has 0 aliphatic carbocycles. The highest BCUT2D eigenvalue weighted by Crippen LogP contribution is 2.46. The number of nitrogens with one attached hydrogen (secondary N) is 3. The van der Waals surface area contributed by atoms with Gasteiger partial charge >= 0.3 is 6.09 Å². The minimum absolute atomic E-state index is 0.0910. The topological polar surface area (TPSA) is 102 Å². The molecule has 8 nitrogen and oxygen atoms in total. The molecule has 3 heterocycles. The van der Waals surface area contributed by atoms with Crippen molar-refractivity contribution in [1.29, 1.82) is 5.41 Å². The molecule has 1 fully saturated rings. The highest BCUT2D eigenvalue weighted by atomic mass is 79.9. The molecule has 4 aromatic rings. The second kappa shape index (κ2) is 9.89. The minimum atomic E-state index is -0.377. The lowest BCUT2D eigenvalue weighted by atomic mass is 9.95. The summed E-state index contributed by atoms with van der Waals surface area (Å²) in [5, 5.41) is 14.6. The van der Waals surface area contributed by atoms with Crippen molar-refractivity contribution in [2.75, 3.05) is 43.0 Å². The third-order valence-electron chi connectivity index (χ3n) is 7.42. The van der Waals surface area contributed by atoms with Gasteiger partial charge in [-0.15, -0.1) is 0 Å². The van der Waals surface area contributed by atoms with Crippen molar-refractivity contribution >= 4 is 61.0 Å². The fourth-order valence-corrected chi connectivity index (χ4v) is 5.98. The predicted octanol–water partition coefficient (Wildman–Crippen LogP) is 5.25. The van der Waals surface area contributed by atoms with Crippen LogP contribution in [0.25, 0.3) is 21.7 Å². The van der Waals surface area contributed by atoms with Crippen molar-refractivity contribution in [2.24, 2.45) is 0 Å². The molecular formula is C29H28BrN5O3. The lowest BCUT2D eigenvalue weighted by molar-refractivity contribution is 0.0984. The lowest BCUT2D eigenvalue weighted by Crippen LogP contribution is -2.47. The number of carbonyl (C=O) groups is 2. The first-order chi connectivity index (χ1) is 18.4. The average molecular weight is 574 g/mol. The number of H-pyrrole nitrogens is 1. The van der Waals surface area contributed by atoms with Crippen LogP contribution in [0.5, 0.6) is 5.75 Å². The molecule has 3 N–H and O–H groups in total. The van der Waals surface area contributed by atoms with Crippen molar-refractivity contribution in [2.45, 2.75) is 12.8 Å². The van der Waals surface area contributed by atoms with Crippen molar-refractivity contribution < 1.29 is 14.3 Å². The van der Waals surface area contributed by atoms with Crippen LogP contribution < -0.4 is 15.0 Å². The first kappa shape index (κ1) is 24.6. The van der Waals surface area contributed by atoms with Crippen LogP contribution in [0.2, 0.25) is 0 Å². The number of ether oxygens (including phenoxy) is 1. The quantitative estimate of drug-likeness (QED) is 0.229. The number of aromatic amines is 1. The van der Waals surface area contributed by atoms with Gasteiger partial charge in [-0.2, -0.15) is 0 Å². The SMILES string of the molecule is CC(=N)c1ccc2[nH]c(C(=O)N3C[C@@H](CBr)c4c3cc(OC(=O)N3CCNCC3)c3ccccc43)cc2c1. The maximum absolute atomic E-state index is 13.9. The van der Waals surface area contributed by atoms with E-state index in [2.05, 4.69) is 26.2 Å². The molecule has 1 atom stereocenters. The Morgan fingerprint density at radius 1 is 1.08 bits per heavy atom. The highest BCUT2D eigenvalue weighted by Gasteiger charge is 2.36. The number of nitrogens with zero attached hydrogens (tertiary/aromatic N) is 2. The van der Waals surface area contributed by atoms with E-state index in [1.165, 1.54) is 0 Å². The summed E-state index contributed by atoms with van der Waals surface area (Å²) >= 11 is 3.66. The molecule has 9 heteroatoms. The van der Waals surface area contributed by atoms with Crippen LogP contribution in [-0.4, -0.2) is 65.6 Å². The number of halogens is 1. The number of hydrogen-bond acceptors (Lipinski definition) is 5. The van der Waals surface area contributed by atoms with Crippen LogP contribution in [0.1, 0.15) is 34.5 Å². The number of amides is 2. The van der Waals surface area contributed by atoms with Crippen molar-refractivity contribution in [1.82, 2.24) is 15.2 Å². The first-order valence-corrected chi connectivity index (χ1v) is 13.9. The van der Waals surface area contributed by atoms with Crippen LogP contribution in [0.3, 0.4) is 0 Å². The summed E-state index contributed by atoms with van der Waals surface area (Å²) in [5.74, 6) is 0.403. The fraction of sp³-hybridized carbons (Fsp3) is 0.276. The molecule has 2 aliphatic rings. The minimum Gasteiger partial charge on any atom is -0.409 e. The Hall–Kier alpha value is -3.69. The van der Waals surface area contributed by atoms with Gasteiger partial charge in [-0.3, -0.25) is 4.79 Å². The predicted molar refractivity (Wildman–Crippen MR) is 153 cm³/mol. The van der Waals surface area contributed by atoms with Gasteiger partial charge < -0.3 is 30.2 Å². The maximum Gasteiger partial charge on any atom is 0.415 e. The molecule has 2 aliphatic heterocycles. The van der Waals surface area contributed by atoms with E-state index in [4.69, 9.17) is 10.1 Å². The van der Waals surface area contributed by atoms with Crippen LogP contribution >= 0.6 is 15.9 Å². The third kappa shape index (κ3) is 4.25. The monoisotopic (exact) mass is 573 g/mol. The number of alkyl halides is 1. The zero-order chi connectivity index (χ0) is 26.4. The van der Waals surface area contributed by atoms with Crippen LogP contribution in [-0.2, 0) is 0 Å². The number of hydrogen-bond donors (Lipinski definition) is 3. The molecule has 38 heavy (non-hydrogen) atoms. The second-order valence-corrected chi connectivity index (χ2v) is 10.5. The van der Waals surface area contributed by atoms with Gasteiger partial charge in [-0.25, -0.2) is 4.79 Å². The Labute approximate surface area is 228 Å². The Kier molecular flexibility index (Phi) is 6.41. The van der Waals surface area contributed by atoms with Gasteiger partial charge in [0.15, 0.2) is 0 Å². The van der Waals surface area contributed by atoms with Crippen molar-refractivity contribution in [3.63, 3.8) is 0 Å². The maximum atomic E-state index is 13.9. The third-order valence-corrected chi connectivity index (χ3v) is 8.20. The molecule has 1 aromatic heterocycles. The molecular weight excluding hydrogens is 546 g/mol. The average Bonchev–Trinajstić information content (AvgIpc) is 3.54. The molecule has 3 aromatic carbocycles. The standard InChI is InChI=1S/C29H28BrN5O3/c1-17(31)18-6-7-23-19(12-18)13-24(33-23)28(36)35-16-20(15-30)27-22-5-3-2-4-21(22)26(14-25(27)35)38-29(37)34-10-8-32-9-11-34/h2-7,12-14,20,31-33H,8-11,15-16H2,1H3/t20-/m1/s1. The van der Waals surface area contributed by atoms with Gasteiger partial charge in [-0.1, -0.05) is 46.3 Å². The molecule has 6 rings (SSSR count). The number of fused-ring (bicyclic) bond motifs is 4. The van der Waals surface area contributed by atoms with E-state index < -0.39 is 0 Å². The van der Waals surface area contributed by atoms with E-state index in [1.54, 1.807) is 16.7 Å². The van der Waals surface area contributed by atoms with E-state index in [0.29, 0.717) is 42.1 Å². The van der Waals surface area contributed by atoms with E-state index in [0.717, 1.165) is 51.6 Å². The zero-order valence-corrected chi connectivity index (χ0v) is 22.6. The van der Waals surface area contributed by atoms with Gasteiger partial charge in [0.1, 0.15) is 11.4 Å². The summed E-state index contributed by atoms with van der Waals surface area (Å²) in [7, 11) is 0. The van der Waals surface area contributed by atoms with Gasteiger partial charge in [0.05, 0.1) is 5.69 Å². The first-order valence-electron chi connectivity index (χ1n) is 12.7. The largest absolute Gasteiger partial charge is 0.415 e. The highest BCUT2D eigenvalue weighted by molar-refractivity contribution is 9.09. The van der Waals surface area contributed by atoms with Crippen LogP contribution in [0, 0.1) is 5.41 Å². The number of rotatable bonds is 4. The van der Waals surface area contributed by atoms with Crippen molar-refractivity contribution in [3.8, 4) is 5.75 Å². The summed E-state index contributed by atoms with van der Waals surface area (Å²) in [6, 6.07) is 17.3. The molecule has 0 radical (unpaired) electrons. The molecule has 2 amide bonds. The molecule has 0 spiro atoms. The summed E-state index contributed by atoms with van der Waals surface area (Å²) in [5.41, 5.74) is 4.46. The number of anilines is 1. The summed E-state index contributed by atoms with van der Waals surface area (Å²) in [4.78, 5) is 33.6. The summed E-state index contributed by atoms with van der Waals surface area (Å²) in [6.07, 6.45) is -0.377. The Morgan fingerprint density at radius 2 is 1.84 bits per heavy atom. The molecule has 1 saturated heterocycles. The Morgan fingerprint density at radius 3 is 2.58 bits per heavy atom. The molecule has 194 valence electrons. The van der Waals surface area contributed by atoms with Gasteiger partial charge in [0.25, 0.3) is 5.91 Å². The van der Waals surface area contributed by atoms with Crippen LogP contribution in [0.15, 0.2) is 54.6 Å². The second-order valence-electron chi connectivity index (χ2n) is 9.84. The number of carbonyl (C=O) groups excluding carboxylic acids is 2. The van der Waals surface area contributed by atoms with E-state index in [-0.39, 0.29) is 17.9 Å². The Bertz CT molecular complexity index is 1590. The number of piperazine rings is 1.